The van der Waals surface area contributed by atoms with Crippen LogP contribution in [0.5, 0.6) is 0 Å². The maximum atomic E-state index is 5.18. The molecule has 1 aromatic carbocycles. The average Bonchev–Trinajstić information content (AvgIpc) is 2.90. The molecular weight excluding hydrogens is 296 g/mol. The van der Waals surface area contributed by atoms with Gasteiger partial charge in [-0.15, -0.1) is 0 Å². The first kappa shape index (κ1) is 11.0. The first-order chi connectivity index (χ1) is 8.84. The Balaban J connectivity index is 2.03. The molecule has 3 aromatic rings. The molecule has 88 valence electrons. The Morgan fingerprint density at radius 2 is 2.00 bits per heavy atom. The van der Waals surface area contributed by atoms with Crippen LogP contribution in [0.15, 0.2) is 51.9 Å². The van der Waals surface area contributed by atoms with E-state index in [1.807, 2.05) is 24.3 Å². The van der Waals surface area contributed by atoms with E-state index in [9.17, 15) is 0 Å². The van der Waals surface area contributed by atoms with E-state index in [-0.39, 0.29) is 0 Å². The van der Waals surface area contributed by atoms with Crippen LogP contribution in [0.3, 0.4) is 0 Å². The zero-order valence-electron chi connectivity index (χ0n) is 9.12. The monoisotopic (exact) mass is 302 g/mol. The molecule has 3 rings (SSSR count). The van der Waals surface area contributed by atoms with Gasteiger partial charge in [0.25, 0.3) is 5.89 Å². The Hall–Kier alpha value is -2.08. The number of halogens is 1. The zero-order chi connectivity index (χ0) is 12.4. The van der Waals surface area contributed by atoms with Gasteiger partial charge in [-0.1, -0.05) is 33.2 Å². The summed E-state index contributed by atoms with van der Waals surface area (Å²) in [5, 5.41) is 3.94. The largest absolute Gasteiger partial charge is 0.332 e. The highest BCUT2D eigenvalue weighted by molar-refractivity contribution is 9.10. The number of benzene rings is 1. The summed E-state index contributed by atoms with van der Waals surface area (Å²) in [5.74, 6) is 0.872. The first-order valence-corrected chi connectivity index (χ1v) is 5.99. The second-order valence-corrected chi connectivity index (χ2v) is 4.35. The number of rotatable bonds is 2. The van der Waals surface area contributed by atoms with Gasteiger partial charge in [0.1, 0.15) is 5.69 Å². The lowest BCUT2D eigenvalue weighted by Gasteiger charge is -1.96. The second-order valence-electron chi connectivity index (χ2n) is 3.49. The lowest BCUT2D eigenvalue weighted by Crippen LogP contribution is -1.85. The fourth-order valence-electron chi connectivity index (χ4n) is 1.49. The van der Waals surface area contributed by atoms with Crippen LogP contribution >= 0.6 is 15.9 Å². The third-order valence-corrected chi connectivity index (χ3v) is 3.01. The van der Waals surface area contributed by atoms with Gasteiger partial charge in [0.05, 0.1) is 6.20 Å². The van der Waals surface area contributed by atoms with Gasteiger partial charge in [-0.3, -0.25) is 4.98 Å². The second kappa shape index (κ2) is 4.66. The Kier molecular flexibility index (Phi) is 2.85. The molecule has 0 aliphatic rings. The summed E-state index contributed by atoms with van der Waals surface area (Å²) in [6.07, 6.45) is 4.75. The Morgan fingerprint density at radius 1 is 1.11 bits per heavy atom. The van der Waals surface area contributed by atoms with Crippen molar-refractivity contribution in [2.75, 3.05) is 0 Å². The minimum absolute atomic E-state index is 0.355. The van der Waals surface area contributed by atoms with Gasteiger partial charge in [0.2, 0.25) is 5.82 Å². The van der Waals surface area contributed by atoms with Crippen LogP contribution in [0.4, 0.5) is 0 Å². The van der Waals surface area contributed by atoms with E-state index in [1.165, 1.54) is 0 Å². The van der Waals surface area contributed by atoms with Gasteiger partial charge < -0.3 is 4.52 Å². The maximum absolute atomic E-state index is 5.18. The number of nitrogens with zero attached hydrogens (tertiary/aromatic N) is 4. The fourth-order valence-corrected chi connectivity index (χ4v) is 1.95. The summed E-state index contributed by atoms with van der Waals surface area (Å²) in [5.41, 5.74) is 1.43. The van der Waals surface area contributed by atoms with Crippen molar-refractivity contribution in [2.45, 2.75) is 0 Å². The molecule has 0 aliphatic heterocycles. The van der Waals surface area contributed by atoms with Gasteiger partial charge in [0.15, 0.2) is 0 Å². The molecule has 0 saturated heterocycles. The summed E-state index contributed by atoms with van der Waals surface area (Å²) in [4.78, 5) is 12.4. The van der Waals surface area contributed by atoms with E-state index in [0.717, 1.165) is 10.0 Å². The molecule has 2 heterocycles. The number of hydrogen-bond donors (Lipinski definition) is 0. The molecule has 18 heavy (non-hydrogen) atoms. The zero-order valence-corrected chi connectivity index (χ0v) is 10.7. The third-order valence-electron chi connectivity index (χ3n) is 2.32. The number of aromatic nitrogens is 4. The van der Waals surface area contributed by atoms with Crippen molar-refractivity contribution in [1.29, 1.82) is 0 Å². The first-order valence-electron chi connectivity index (χ1n) is 5.19. The minimum Gasteiger partial charge on any atom is -0.332 e. The van der Waals surface area contributed by atoms with E-state index in [2.05, 4.69) is 36.0 Å². The molecule has 0 atom stereocenters. The summed E-state index contributed by atoms with van der Waals surface area (Å²) in [6.45, 7) is 0. The molecule has 6 heteroatoms. The Morgan fingerprint density at radius 3 is 2.78 bits per heavy atom. The van der Waals surface area contributed by atoms with Crippen molar-refractivity contribution in [2.24, 2.45) is 0 Å². The van der Waals surface area contributed by atoms with Crippen molar-refractivity contribution in [1.82, 2.24) is 20.1 Å². The predicted octanol–water partition coefficient (Wildman–Crippen LogP) is 2.96. The highest BCUT2D eigenvalue weighted by atomic mass is 79.9. The van der Waals surface area contributed by atoms with Gasteiger partial charge >= 0.3 is 0 Å². The highest BCUT2D eigenvalue weighted by Gasteiger charge is 2.13. The molecule has 0 saturated carbocycles. The molecular formula is C12H7BrN4O. The molecule has 0 bridgehead atoms. The molecule has 0 fully saturated rings. The molecule has 0 radical (unpaired) electrons. The summed E-state index contributed by atoms with van der Waals surface area (Å²) >= 11 is 3.45. The van der Waals surface area contributed by atoms with Crippen LogP contribution in [0.2, 0.25) is 0 Å². The van der Waals surface area contributed by atoms with E-state index in [0.29, 0.717) is 17.4 Å². The average molecular weight is 303 g/mol. The molecule has 0 N–H and O–H groups in total. The molecule has 0 spiro atoms. The smallest absolute Gasteiger partial charge is 0.278 e. The summed E-state index contributed by atoms with van der Waals surface area (Å²) < 4.78 is 6.09. The van der Waals surface area contributed by atoms with Gasteiger partial charge in [-0.2, -0.15) is 4.98 Å². The molecule has 2 aromatic heterocycles. The van der Waals surface area contributed by atoms with E-state index >= 15 is 0 Å². The number of hydrogen-bond acceptors (Lipinski definition) is 5. The standard InChI is InChI=1S/C12H7BrN4O/c13-9-4-2-1-3-8(9)11-16-12(18-17-11)10-7-14-5-6-15-10/h1-7H. The van der Waals surface area contributed by atoms with Crippen molar-refractivity contribution in [3.63, 3.8) is 0 Å². The molecule has 0 amide bonds. The lowest BCUT2D eigenvalue weighted by molar-refractivity contribution is 0.431. The van der Waals surface area contributed by atoms with Crippen molar-refractivity contribution in [3.05, 3.63) is 47.3 Å². The predicted molar refractivity (Wildman–Crippen MR) is 68.5 cm³/mol. The van der Waals surface area contributed by atoms with Crippen LogP contribution in [0.1, 0.15) is 0 Å². The summed E-state index contributed by atoms with van der Waals surface area (Å²) in [6, 6.07) is 7.68. The molecule has 0 aliphatic carbocycles. The van der Waals surface area contributed by atoms with Crippen LogP contribution in [0.25, 0.3) is 23.0 Å². The quantitative estimate of drug-likeness (QED) is 0.728. The van der Waals surface area contributed by atoms with E-state index < -0.39 is 0 Å². The molecule has 0 unspecified atom stereocenters. The lowest BCUT2D eigenvalue weighted by atomic mass is 10.2. The van der Waals surface area contributed by atoms with E-state index in [4.69, 9.17) is 4.52 Å². The van der Waals surface area contributed by atoms with Gasteiger partial charge in [-0.05, 0) is 12.1 Å². The van der Waals surface area contributed by atoms with Crippen LogP contribution in [0, 0.1) is 0 Å². The van der Waals surface area contributed by atoms with Crippen molar-refractivity contribution in [3.8, 4) is 23.0 Å². The SMILES string of the molecule is Brc1ccccc1-c1noc(-c2cnccn2)n1. The van der Waals surface area contributed by atoms with Gasteiger partial charge in [-0.25, -0.2) is 4.98 Å². The maximum Gasteiger partial charge on any atom is 0.278 e. The minimum atomic E-state index is 0.355. The van der Waals surface area contributed by atoms with Crippen LogP contribution < -0.4 is 0 Å². The van der Waals surface area contributed by atoms with Gasteiger partial charge in [0, 0.05) is 22.4 Å². The molecule has 5 nitrogen and oxygen atoms in total. The fraction of sp³-hybridized carbons (Fsp3) is 0. The topological polar surface area (TPSA) is 64.7 Å². The normalized spacial score (nSPS) is 10.5. The Bertz CT molecular complexity index is 669. The third kappa shape index (κ3) is 2.02. The Labute approximate surface area is 111 Å². The van der Waals surface area contributed by atoms with Crippen molar-refractivity contribution >= 4 is 15.9 Å². The van der Waals surface area contributed by atoms with Crippen LogP contribution in [-0.4, -0.2) is 20.1 Å². The van der Waals surface area contributed by atoms with Crippen LogP contribution in [-0.2, 0) is 0 Å². The summed E-state index contributed by atoms with van der Waals surface area (Å²) in [7, 11) is 0. The van der Waals surface area contributed by atoms with E-state index in [1.54, 1.807) is 18.6 Å². The highest BCUT2D eigenvalue weighted by Crippen LogP contribution is 2.26. The van der Waals surface area contributed by atoms with Crippen molar-refractivity contribution < 1.29 is 4.52 Å².